The molecule has 2 heterocycles. The fraction of sp³-hybridized carbons (Fsp3) is 0.0833. The number of aryl methyl sites for hydroxylation is 1. The van der Waals surface area contributed by atoms with E-state index in [1.807, 2.05) is 6.07 Å². The lowest BCUT2D eigenvalue weighted by atomic mass is 10.3. The Morgan fingerprint density at radius 1 is 1.47 bits per heavy atom. The van der Waals surface area contributed by atoms with Crippen molar-refractivity contribution in [3.05, 3.63) is 41.5 Å². The Labute approximate surface area is 108 Å². The lowest BCUT2D eigenvalue weighted by molar-refractivity contribution is 0.0687. The molecule has 0 radical (unpaired) electrons. The fourth-order valence-electron chi connectivity index (χ4n) is 1.38. The Bertz CT molecular complexity index is 679. The third kappa shape index (κ3) is 2.81. The SMILES string of the molecule is Cc1cc(C#N)nc(Oc2cccnc2C(=O)O)n1. The predicted molar refractivity (Wildman–Crippen MR) is 62.8 cm³/mol. The maximum absolute atomic E-state index is 11.0. The lowest BCUT2D eigenvalue weighted by Gasteiger charge is -2.06. The normalized spacial score (nSPS) is 9.68. The van der Waals surface area contributed by atoms with Crippen LogP contribution in [0.2, 0.25) is 0 Å². The van der Waals surface area contributed by atoms with Gasteiger partial charge in [-0.25, -0.2) is 14.8 Å². The molecule has 0 saturated carbocycles. The van der Waals surface area contributed by atoms with E-state index >= 15 is 0 Å². The van der Waals surface area contributed by atoms with Crippen LogP contribution in [-0.2, 0) is 0 Å². The molecule has 2 aromatic rings. The molecule has 0 atom stereocenters. The molecular weight excluding hydrogens is 248 g/mol. The van der Waals surface area contributed by atoms with Crippen LogP contribution >= 0.6 is 0 Å². The highest BCUT2D eigenvalue weighted by Gasteiger charge is 2.14. The molecule has 0 fully saturated rings. The van der Waals surface area contributed by atoms with Crippen molar-refractivity contribution in [1.82, 2.24) is 15.0 Å². The predicted octanol–water partition coefficient (Wildman–Crippen LogP) is 1.54. The molecule has 0 unspecified atom stereocenters. The molecule has 0 aliphatic carbocycles. The lowest BCUT2D eigenvalue weighted by Crippen LogP contribution is -2.04. The molecule has 2 aromatic heterocycles. The van der Waals surface area contributed by atoms with E-state index in [0.717, 1.165) is 0 Å². The van der Waals surface area contributed by atoms with Crippen LogP contribution in [0.4, 0.5) is 0 Å². The highest BCUT2D eigenvalue weighted by atomic mass is 16.5. The summed E-state index contributed by atoms with van der Waals surface area (Å²) in [6.45, 7) is 1.68. The summed E-state index contributed by atoms with van der Waals surface area (Å²) in [6, 6.07) is 6.24. The largest absolute Gasteiger partial charge is 0.476 e. The molecule has 7 heteroatoms. The highest BCUT2D eigenvalue weighted by molar-refractivity contribution is 5.88. The topological polar surface area (TPSA) is 109 Å². The van der Waals surface area contributed by atoms with Crippen molar-refractivity contribution >= 4 is 5.97 Å². The van der Waals surface area contributed by atoms with E-state index in [0.29, 0.717) is 5.69 Å². The van der Waals surface area contributed by atoms with Crippen molar-refractivity contribution in [1.29, 1.82) is 5.26 Å². The van der Waals surface area contributed by atoms with E-state index in [1.54, 1.807) is 6.92 Å². The van der Waals surface area contributed by atoms with E-state index in [2.05, 4.69) is 15.0 Å². The third-order valence-electron chi connectivity index (χ3n) is 2.12. The molecule has 0 aliphatic rings. The highest BCUT2D eigenvalue weighted by Crippen LogP contribution is 2.21. The molecule has 2 rings (SSSR count). The second kappa shape index (κ2) is 5.10. The van der Waals surface area contributed by atoms with Gasteiger partial charge in [0.15, 0.2) is 11.4 Å². The van der Waals surface area contributed by atoms with Crippen molar-refractivity contribution in [2.75, 3.05) is 0 Å². The first kappa shape index (κ1) is 12.4. The minimum absolute atomic E-state index is 0.0180. The number of hydrogen-bond acceptors (Lipinski definition) is 6. The van der Waals surface area contributed by atoms with E-state index in [9.17, 15) is 4.79 Å². The molecule has 1 N–H and O–H groups in total. The molecule has 19 heavy (non-hydrogen) atoms. The van der Waals surface area contributed by atoms with Gasteiger partial charge in [-0.3, -0.25) is 0 Å². The average Bonchev–Trinajstić information content (AvgIpc) is 2.38. The van der Waals surface area contributed by atoms with Crippen molar-refractivity contribution < 1.29 is 14.6 Å². The Hall–Kier alpha value is -3.01. The van der Waals surface area contributed by atoms with Gasteiger partial charge in [-0.1, -0.05) is 0 Å². The molecule has 0 saturated heterocycles. The van der Waals surface area contributed by atoms with Gasteiger partial charge < -0.3 is 9.84 Å². The van der Waals surface area contributed by atoms with Crippen LogP contribution in [0.3, 0.4) is 0 Å². The van der Waals surface area contributed by atoms with Crippen molar-refractivity contribution in [2.24, 2.45) is 0 Å². The second-order valence-corrected chi connectivity index (χ2v) is 3.55. The van der Waals surface area contributed by atoms with Gasteiger partial charge in [0.2, 0.25) is 0 Å². The molecule has 94 valence electrons. The van der Waals surface area contributed by atoms with Gasteiger partial charge in [-0.2, -0.15) is 10.2 Å². The molecule has 0 bridgehead atoms. The van der Waals surface area contributed by atoms with Crippen LogP contribution in [-0.4, -0.2) is 26.0 Å². The fourth-order valence-corrected chi connectivity index (χ4v) is 1.38. The Kier molecular flexibility index (Phi) is 3.34. The van der Waals surface area contributed by atoms with E-state index in [-0.39, 0.29) is 23.1 Å². The summed E-state index contributed by atoms with van der Waals surface area (Å²) in [4.78, 5) is 22.5. The maximum atomic E-state index is 11.0. The van der Waals surface area contributed by atoms with Gasteiger partial charge in [-0.15, -0.1) is 0 Å². The third-order valence-corrected chi connectivity index (χ3v) is 2.12. The zero-order valence-corrected chi connectivity index (χ0v) is 9.86. The minimum Gasteiger partial charge on any atom is -0.476 e. The number of nitriles is 1. The molecule has 0 spiro atoms. The molecule has 7 nitrogen and oxygen atoms in total. The van der Waals surface area contributed by atoms with Gasteiger partial charge in [-0.05, 0) is 25.1 Å². The van der Waals surface area contributed by atoms with Gasteiger partial charge in [0.25, 0.3) is 0 Å². The number of pyridine rings is 1. The maximum Gasteiger partial charge on any atom is 0.358 e. The molecular formula is C12H8N4O3. The summed E-state index contributed by atoms with van der Waals surface area (Å²) in [5.74, 6) is -1.20. The average molecular weight is 256 g/mol. The zero-order valence-electron chi connectivity index (χ0n) is 9.86. The number of rotatable bonds is 3. The number of nitrogens with zero attached hydrogens (tertiary/aromatic N) is 4. The zero-order chi connectivity index (χ0) is 13.8. The van der Waals surface area contributed by atoms with E-state index < -0.39 is 5.97 Å². The summed E-state index contributed by atoms with van der Waals surface area (Å²) in [7, 11) is 0. The van der Waals surface area contributed by atoms with E-state index in [1.165, 1.54) is 24.4 Å². The standard InChI is InChI=1S/C12H8N4O3/c1-7-5-8(6-13)16-12(15-7)19-9-3-2-4-14-10(9)11(17)18/h2-5H,1H3,(H,17,18). The quantitative estimate of drug-likeness (QED) is 0.886. The molecule has 0 amide bonds. The Morgan fingerprint density at radius 2 is 2.26 bits per heavy atom. The number of carboxylic acids is 1. The van der Waals surface area contributed by atoms with Crippen molar-refractivity contribution in [3.8, 4) is 17.8 Å². The van der Waals surface area contributed by atoms with Gasteiger partial charge in [0.05, 0.1) is 0 Å². The van der Waals surface area contributed by atoms with Gasteiger partial charge in [0, 0.05) is 11.9 Å². The number of carboxylic acid groups (broad SMARTS) is 1. The first-order chi connectivity index (χ1) is 9.10. The summed E-state index contributed by atoms with van der Waals surface area (Å²) in [5, 5.41) is 17.8. The summed E-state index contributed by atoms with van der Waals surface area (Å²) in [6.07, 6.45) is 1.34. The summed E-state index contributed by atoms with van der Waals surface area (Å²) >= 11 is 0. The minimum atomic E-state index is -1.22. The van der Waals surface area contributed by atoms with Crippen LogP contribution in [0, 0.1) is 18.3 Å². The number of aromatic carboxylic acids is 1. The first-order valence-electron chi connectivity index (χ1n) is 5.22. The number of carbonyl (C=O) groups is 1. The van der Waals surface area contributed by atoms with E-state index in [4.69, 9.17) is 15.1 Å². The summed E-state index contributed by atoms with van der Waals surface area (Å²) in [5.41, 5.74) is 0.441. The van der Waals surface area contributed by atoms with Crippen LogP contribution in [0.5, 0.6) is 11.8 Å². The first-order valence-corrected chi connectivity index (χ1v) is 5.22. The van der Waals surface area contributed by atoms with Crippen molar-refractivity contribution in [3.63, 3.8) is 0 Å². The smallest absolute Gasteiger partial charge is 0.358 e. The van der Waals surface area contributed by atoms with Crippen LogP contribution < -0.4 is 4.74 Å². The van der Waals surface area contributed by atoms with Gasteiger partial charge >= 0.3 is 12.0 Å². The molecule has 0 aliphatic heterocycles. The Balaban J connectivity index is 2.39. The second-order valence-electron chi connectivity index (χ2n) is 3.55. The summed E-state index contributed by atoms with van der Waals surface area (Å²) < 4.78 is 5.28. The number of hydrogen-bond donors (Lipinski definition) is 1. The number of ether oxygens (including phenoxy) is 1. The van der Waals surface area contributed by atoms with Crippen LogP contribution in [0.1, 0.15) is 21.9 Å². The monoisotopic (exact) mass is 256 g/mol. The van der Waals surface area contributed by atoms with Crippen molar-refractivity contribution in [2.45, 2.75) is 6.92 Å². The Morgan fingerprint density at radius 3 is 2.95 bits per heavy atom. The van der Waals surface area contributed by atoms with Gasteiger partial charge in [0.1, 0.15) is 11.8 Å². The van der Waals surface area contributed by atoms with Crippen LogP contribution in [0.15, 0.2) is 24.4 Å². The van der Waals surface area contributed by atoms with Crippen LogP contribution in [0.25, 0.3) is 0 Å². The number of aromatic nitrogens is 3. The molecule has 0 aromatic carbocycles.